The Balaban J connectivity index is 1.45. The molecular weight excluding hydrogens is 312 g/mol. The van der Waals surface area contributed by atoms with Crippen LogP contribution in [0.25, 0.3) is 0 Å². The van der Waals surface area contributed by atoms with Gasteiger partial charge in [-0.25, -0.2) is 9.97 Å². The lowest BCUT2D eigenvalue weighted by Gasteiger charge is -2.30. The summed E-state index contributed by atoms with van der Waals surface area (Å²) in [6.07, 6.45) is 5.04. The number of fused-ring (bicyclic) bond motifs is 1. The van der Waals surface area contributed by atoms with Crippen molar-refractivity contribution < 1.29 is 4.79 Å². The monoisotopic (exact) mass is 336 g/mol. The number of carbonyl (C=O) groups excluding carboxylic acids is 1. The molecule has 0 unspecified atom stereocenters. The van der Waals surface area contributed by atoms with Gasteiger partial charge in [0.25, 0.3) is 5.91 Å². The van der Waals surface area contributed by atoms with Crippen molar-refractivity contribution in [1.29, 1.82) is 0 Å². The van der Waals surface area contributed by atoms with Crippen LogP contribution >= 0.6 is 0 Å². The Bertz CT molecular complexity index is 762. The van der Waals surface area contributed by atoms with E-state index < -0.39 is 0 Å². The molecule has 5 heteroatoms. The molecule has 1 fully saturated rings. The summed E-state index contributed by atoms with van der Waals surface area (Å²) in [5.74, 6) is 1.52. The summed E-state index contributed by atoms with van der Waals surface area (Å²) in [5.41, 5.74) is 2.79. The molecule has 2 aliphatic heterocycles. The second kappa shape index (κ2) is 6.82. The van der Waals surface area contributed by atoms with E-state index in [-0.39, 0.29) is 5.91 Å². The predicted molar refractivity (Wildman–Crippen MR) is 97.5 cm³/mol. The maximum atomic E-state index is 12.6. The van der Waals surface area contributed by atoms with Gasteiger partial charge in [-0.1, -0.05) is 37.3 Å². The third kappa shape index (κ3) is 3.36. The van der Waals surface area contributed by atoms with Crippen LogP contribution in [-0.2, 0) is 13.0 Å². The van der Waals surface area contributed by atoms with Gasteiger partial charge in [0.15, 0.2) is 0 Å². The molecule has 0 spiro atoms. The van der Waals surface area contributed by atoms with Crippen LogP contribution in [0, 0.1) is 5.92 Å². The fourth-order valence-electron chi connectivity index (χ4n) is 3.74. The van der Waals surface area contributed by atoms with Crippen LogP contribution < -0.4 is 4.90 Å². The normalized spacial score (nSPS) is 20.0. The van der Waals surface area contributed by atoms with Gasteiger partial charge in [-0.15, -0.1) is 0 Å². The molecule has 2 aromatic rings. The number of benzene rings is 1. The highest BCUT2D eigenvalue weighted by Gasteiger charge is 2.30. The van der Waals surface area contributed by atoms with Crippen molar-refractivity contribution in [2.45, 2.75) is 32.7 Å². The van der Waals surface area contributed by atoms with E-state index in [1.165, 1.54) is 18.4 Å². The van der Waals surface area contributed by atoms with Crippen molar-refractivity contribution in [1.82, 2.24) is 14.9 Å². The lowest BCUT2D eigenvalue weighted by atomic mass is 10.0. The summed E-state index contributed by atoms with van der Waals surface area (Å²) >= 11 is 0. The Labute approximate surface area is 148 Å². The van der Waals surface area contributed by atoms with Crippen molar-refractivity contribution in [3.05, 3.63) is 53.3 Å². The Kier molecular flexibility index (Phi) is 4.38. The highest BCUT2D eigenvalue weighted by atomic mass is 16.2. The second-order valence-electron chi connectivity index (χ2n) is 7.19. The first kappa shape index (κ1) is 16.1. The highest BCUT2D eigenvalue weighted by molar-refractivity contribution is 5.97. The average Bonchev–Trinajstić information content (AvgIpc) is 2.96. The third-order valence-corrected chi connectivity index (χ3v) is 5.17. The van der Waals surface area contributed by atoms with Crippen molar-refractivity contribution in [3.63, 3.8) is 0 Å². The lowest BCUT2D eigenvalue weighted by Crippen LogP contribution is -2.35. The largest absolute Gasteiger partial charge is 0.341 e. The maximum Gasteiger partial charge on any atom is 0.257 e. The quantitative estimate of drug-likeness (QED) is 0.861. The highest BCUT2D eigenvalue weighted by Crippen LogP contribution is 2.25. The van der Waals surface area contributed by atoms with E-state index in [0.717, 1.165) is 37.7 Å². The zero-order chi connectivity index (χ0) is 17.2. The Morgan fingerprint density at radius 3 is 2.88 bits per heavy atom. The van der Waals surface area contributed by atoms with E-state index in [1.807, 2.05) is 23.1 Å². The number of piperidine rings is 1. The van der Waals surface area contributed by atoms with E-state index in [4.69, 9.17) is 4.98 Å². The summed E-state index contributed by atoms with van der Waals surface area (Å²) in [6.45, 7) is 5.60. The summed E-state index contributed by atoms with van der Waals surface area (Å²) in [7, 11) is 0. The topological polar surface area (TPSA) is 49.3 Å². The number of aromatic nitrogens is 2. The number of amides is 1. The number of rotatable bonds is 4. The smallest absolute Gasteiger partial charge is 0.257 e. The molecule has 3 heterocycles. The molecule has 1 saturated heterocycles. The van der Waals surface area contributed by atoms with Crippen molar-refractivity contribution in [2.24, 2.45) is 5.92 Å². The van der Waals surface area contributed by atoms with Crippen molar-refractivity contribution >= 4 is 11.9 Å². The number of hydrogen-bond donors (Lipinski definition) is 0. The fourth-order valence-corrected chi connectivity index (χ4v) is 3.74. The van der Waals surface area contributed by atoms with E-state index in [9.17, 15) is 4.79 Å². The molecule has 0 radical (unpaired) electrons. The predicted octanol–water partition coefficient (Wildman–Crippen LogP) is 2.91. The zero-order valence-corrected chi connectivity index (χ0v) is 14.7. The molecule has 2 aliphatic rings. The molecule has 5 nitrogen and oxygen atoms in total. The summed E-state index contributed by atoms with van der Waals surface area (Å²) in [5, 5.41) is 0. The van der Waals surface area contributed by atoms with E-state index >= 15 is 0 Å². The van der Waals surface area contributed by atoms with Gasteiger partial charge in [0.2, 0.25) is 5.95 Å². The Morgan fingerprint density at radius 1 is 1.24 bits per heavy atom. The third-order valence-electron chi connectivity index (χ3n) is 5.17. The number of anilines is 1. The molecule has 4 rings (SSSR count). The Hall–Kier alpha value is -2.43. The van der Waals surface area contributed by atoms with Gasteiger partial charge in [0, 0.05) is 25.8 Å². The fraction of sp³-hybridized carbons (Fsp3) is 0.450. The molecule has 130 valence electrons. The van der Waals surface area contributed by atoms with Crippen LogP contribution in [0.15, 0.2) is 36.5 Å². The summed E-state index contributed by atoms with van der Waals surface area (Å²) in [4.78, 5) is 25.9. The minimum absolute atomic E-state index is 0.0597. The standard InChI is InChI=1S/C20H24N4O/c1-15-6-5-10-24(13-15)20-21-12-17-18(22-20)14-23(19(17)25)11-9-16-7-3-2-4-8-16/h2-4,7-8,12,15H,5-6,9-11,13-14H2,1H3/t15-/m0/s1. The van der Waals surface area contributed by atoms with Gasteiger partial charge in [0.05, 0.1) is 17.8 Å². The molecule has 0 N–H and O–H groups in total. The lowest BCUT2D eigenvalue weighted by molar-refractivity contribution is 0.0780. The molecule has 0 saturated carbocycles. The molecule has 0 bridgehead atoms. The average molecular weight is 336 g/mol. The molecule has 0 aliphatic carbocycles. The first-order chi connectivity index (χ1) is 12.2. The van der Waals surface area contributed by atoms with Crippen LogP contribution in [0.3, 0.4) is 0 Å². The number of carbonyl (C=O) groups is 1. The number of nitrogens with zero attached hydrogens (tertiary/aromatic N) is 4. The van der Waals surface area contributed by atoms with Crippen LogP contribution in [0.5, 0.6) is 0 Å². The summed E-state index contributed by atoms with van der Waals surface area (Å²) < 4.78 is 0. The van der Waals surface area contributed by atoms with Gasteiger partial charge in [-0.3, -0.25) is 4.79 Å². The molecule has 1 aromatic carbocycles. The van der Waals surface area contributed by atoms with Gasteiger partial charge in [0.1, 0.15) is 0 Å². The first-order valence-electron chi connectivity index (χ1n) is 9.15. The van der Waals surface area contributed by atoms with Gasteiger partial charge < -0.3 is 9.80 Å². The molecular formula is C20H24N4O. The molecule has 25 heavy (non-hydrogen) atoms. The van der Waals surface area contributed by atoms with Gasteiger partial charge in [-0.2, -0.15) is 0 Å². The van der Waals surface area contributed by atoms with E-state index in [0.29, 0.717) is 18.0 Å². The van der Waals surface area contributed by atoms with Crippen molar-refractivity contribution in [2.75, 3.05) is 24.5 Å². The van der Waals surface area contributed by atoms with E-state index in [1.54, 1.807) is 6.20 Å². The van der Waals surface area contributed by atoms with Crippen LogP contribution in [0.2, 0.25) is 0 Å². The first-order valence-corrected chi connectivity index (χ1v) is 9.15. The van der Waals surface area contributed by atoms with Gasteiger partial charge >= 0.3 is 0 Å². The SMILES string of the molecule is C[C@H]1CCCN(c2ncc3c(n2)CN(CCc2ccccc2)C3=O)C1. The molecule has 1 atom stereocenters. The molecule has 1 aromatic heterocycles. The zero-order valence-electron chi connectivity index (χ0n) is 14.7. The minimum Gasteiger partial charge on any atom is -0.341 e. The number of hydrogen-bond acceptors (Lipinski definition) is 4. The second-order valence-corrected chi connectivity index (χ2v) is 7.19. The van der Waals surface area contributed by atoms with Crippen LogP contribution in [-0.4, -0.2) is 40.4 Å². The minimum atomic E-state index is 0.0597. The van der Waals surface area contributed by atoms with Crippen molar-refractivity contribution in [3.8, 4) is 0 Å². The Morgan fingerprint density at radius 2 is 2.08 bits per heavy atom. The van der Waals surface area contributed by atoms with Gasteiger partial charge in [-0.05, 0) is 30.7 Å². The van der Waals surface area contributed by atoms with E-state index in [2.05, 4.69) is 28.9 Å². The summed E-state index contributed by atoms with van der Waals surface area (Å²) in [6, 6.07) is 10.3. The van der Waals surface area contributed by atoms with Crippen LogP contribution in [0.4, 0.5) is 5.95 Å². The van der Waals surface area contributed by atoms with Crippen LogP contribution in [0.1, 0.15) is 41.4 Å². The molecule has 1 amide bonds. The maximum absolute atomic E-state index is 12.6.